The predicted octanol–water partition coefficient (Wildman–Crippen LogP) is 2.90. The van der Waals surface area contributed by atoms with Gasteiger partial charge >= 0.3 is 0 Å². The molecule has 1 aromatic rings. The molecule has 4 nitrogen and oxygen atoms in total. The highest BCUT2D eigenvalue weighted by Crippen LogP contribution is 2.38. The van der Waals surface area contributed by atoms with Crippen LogP contribution >= 0.6 is 15.9 Å². The average molecular weight is 373 g/mol. The van der Waals surface area contributed by atoms with Crippen LogP contribution in [-0.2, 0) is 19.4 Å². The maximum absolute atomic E-state index is 12.5. The first-order chi connectivity index (χ1) is 9.78. The van der Waals surface area contributed by atoms with Gasteiger partial charge in [-0.1, -0.05) is 34.1 Å². The standard InChI is InChI=1S/C15H17BrO4S/c1-15(12(17)8-5-9-13(15)18)10-14(16)21(19,20)11-6-3-2-4-7-11/h2-4,6-7,14H,5,8-10H2,1H3. The van der Waals surface area contributed by atoms with Crippen molar-refractivity contribution in [3.63, 3.8) is 0 Å². The number of rotatable bonds is 4. The van der Waals surface area contributed by atoms with Crippen molar-refractivity contribution in [3.8, 4) is 0 Å². The van der Waals surface area contributed by atoms with Crippen molar-refractivity contribution in [1.29, 1.82) is 0 Å². The quantitative estimate of drug-likeness (QED) is 0.601. The lowest BCUT2D eigenvalue weighted by atomic mass is 9.72. The van der Waals surface area contributed by atoms with E-state index < -0.39 is 19.4 Å². The molecule has 1 atom stereocenters. The fraction of sp³-hybridized carbons (Fsp3) is 0.467. The van der Waals surface area contributed by atoms with E-state index in [4.69, 9.17) is 0 Å². The van der Waals surface area contributed by atoms with Crippen LogP contribution in [0.5, 0.6) is 0 Å². The minimum absolute atomic E-state index is 0.0259. The number of benzene rings is 1. The first-order valence-electron chi connectivity index (χ1n) is 6.78. The Morgan fingerprint density at radius 2 is 1.67 bits per heavy atom. The zero-order chi connectivity index (χ0) is 15.7. The van der Waals surface area contributed by atoms with Gasteiger partial charge in [0.25, 0.3) is 0 Å². The molecule has 1 aromatic carbocycles. The van der Waals surface area contributed by atoms with Crippen molar-refractivity contribution in [2.45, 2.75) is 41.7 Å². The molecule has 0 saturated heterocycles. The third-order valence-electron chi connectivity index (χ3n) is 4.02. The van der Waals surface area contributed by atoms with Gasteiger partial charge in [0.1, 0.15) is 15.7 Å². The Morgan fingerprint density at radius 1 is 1.14 bits per heavy atom. The van der Waals surface area contributed by atoms with Gasteiger partial charge in [0, 0.05) is 12.8 Å². The van der Waals surface area contributed by atoms with E-state index in [9.17, 15) is 18.0 Å². The largest absolute Gasteiger partial charge is 0.299 e. The highest BCUT2D eigenvalue weighted by Gasteiger charge is 2.45. The van der Waals surface area contributed by atoms with Gasteiger partial charge in [-0.3, -0.25) is 9.59 Å². The molecule has 21 heavy (non-hydrogen) atoms. The summed E-state index contributed by atoms with van der Waals surface area (Å²) in [5.41, 5.74) is -1.20. The Kier molecular flexibility index (Phi) is 4.68. The summed E-state index contributed by atoms with van der Waals surface area (Å²) in [5.74, 6) is -0.321. The SMILES string of the molecule is CC1(CC(Br)S(=O)(=O)c2ccccc2)C(=O)CCCC1=O. The number of ketones is 2. The lowest BCUT2D eigenvalue weighted by Crippen LogP contribution is -2.42. The van der Waals surface area contributed by atoms with Gasteiger partial charge in [-0.05, 0) is 31.9 Å². The van der Waals surface area contributed by atoms with Crippen molar-refractivity contribution < 1.29 is 18.0 Å². The number of sulfone groups is 1. The van der Waals surface area contributed by atoms with Gasteiger partial charge < -0.3 is 0 Å². The number of hydrogen-bond donors (Lipinski definition) is 0. The molecule has 6 heteroatoms. The third-order valence-corrected chi connectivity index (χ3v) is 7.59. The Hall–Kier alpha value is -1.01. The van der Waals surface area contributed by atoms with Crippen molar-refractivity contribution in [1.82, 2.24) is 0 Å². The second-order valence-electron chi connectivity index (χ2n) is 5.50. The zero-order valence-electron chi connectivity index (χ0n) is 11.7. The summed E-state index contributed by atoms with van der Waals surface area (Å²) in [6.07, 6.45) is 1.22. The fourth-order valence-corrected chi connectivity index (χ4v) is 5.21. The fourth-order valence-electron chi connectivity index (χ4n) is 2.53. The molecule has 0 heterocycles. The summed E-state index contributed by atoms with van der Waals surface area (Å²) >= 11 is 3.17. The van der Waals surface area contributed by atoms with E-state index >= 15 is 0 Å². The van der Waals surface area contributed by atoms with E-state index in [0.29, 0.717) is 19.3 Å². The number of carbonyl (C=O) groups excluding carboxylic acids is 2. The van der Waals surface area contributed by atoms with Gasteiger partial charge in [-0.15, -0.1) is 0 Å². The van der Waals surface area contributed by atoms with Gasteiger partial charge in [0.05, 0.1) is 10.3 Å². The molecule has 114 valence electrons. The van der Waals surface area contributed by atoms with Crippen LogP contribution in [0, 0.1) is 5.41 Å². The summed E-state index contributed by atoms with van der Waals surface area (Å²) in [6, 6.07) is 8.04. The third kappa shape index (κ3) is 3.11. The van der Waals surface area contributed by atoms with Crippen LogP contribution < -0.4 is 0 Å². The maximum atomic E-state index is 12.5. The Labute approximate surface area is 133 Å². The van der Waals surface area contributed by atoms with Crippen LogP contribution in [0.3, 0.4) is 0 Å². The summed E-state index contributed by atoms with van der Waals surface area (Å²) < 4.78 is 24.0. The molecule has 0 bridgehead atoms. The number of halogens is 1. The van der Waals surface area contributed by atoms with Crippen LogP contribution in [0.15, 0.2) is 35.2 Å². The van der Waals surface area contributed by atoms with E-state index in [1.807, 2.05) is 0 Å². The molecule has 1 aliphatic carbocycles. The Balaban J connectivity index is 2.27. The van der Waals surface area contributed by atoms with Gasteiger partial charge in [0.15, 0.2) is 9.84 Å². The summed E-state index contributed by atoms with van der Waals surface area (Å²) in [6.45, 7) is 1.56. The molecule has 0 spiro atoms. The van der Waals surface area contributed by atoms with Crippen LogP contribution in [0.4, 0.5) is 0 Å². The molecule has 0 aliphatic heterocycles. The Bertz CT molecular complexity index is 636. The monoisotopic (exact) mass is 372 g/mol. The maximum Gasteiger partial charge on any atom is 0.191 e. The molecular weight excluding hydrogens is 356 g/mol. The molecule has 1 fully saturated rings. The highest BCUT2D eigenvalue weighted by molar-refractivity contribution is 9.11. The number of carbonyl (C=O) groups is 2. The number of hydrogen-bond acceptors (Lipinski definition) is 4. The van der Waals surface area contributed by atoms with E-state index in [1.165, 1.54) is 12.1 Å². The van der Waals surface area contributed by atoms with E-state index in [0.717, 1.165) is 0 Å². The van der Waals surface area contributed by atoms with Crippen molar-refractivity contribution in [2.75, 3.05) is 0 Å². The van der Waals surface area contributed by atoms with Crippen molar-refractivity contribution in [2.24, 2.45) is 5.41 Å². The zero-order valence-corrected chi connectivity index (χ0v) is 14.1. The Morgan fingerprint density at radius 3 is 2.19 bits per heavy atom. The molecule has 2 rings (SSSR count). The van der Waals surface area contributed by atoms with Gasteiger partial charge in [-0.25, -0.2) is 8.42 Å². The molecule has 0 amide bonds. The topological polar surface area (TPSA) is 68.3 Å². The average Bonchev–Trinajstić information content (AvgIpc) is 2.46. The van der Waals surface area contributed by atoms with E-state index in [-0.39, 0.29) is 22.9 Å². The molecule has 0 aromatic heterocycles. The van der Waals surface area contributed by atoms with Crippen LogP contribution in [0.1, 0.15) is 32.6 Å². The van der Waals surface area contributed by atoms with Crippen molar-refractivity contribution >= 4 is 37.3 Å². The normalized spacial score (nSPS) is 20.3. The molecule has 1 aliphatic rings. The van der Waals surface area contributed by atoms with Crippen LogP contribution in [0.25, 0.3) is 0 Å². The molecule has 1 unspecified atom stereocenters. The summed E-state index contributed by atoms with van der Waals surface area (Å²) in [7, 11) is -3.61. The van der Waals surface area contributed by atoms with Crippen molar-refractivity contribution in [3.05, 3.63) is 30.3 Å². The predicted molar refractivity (Wildman–Crippen MR) is 82.9 cm³/mol. The lowest BCUT2D eigenvalue weighted by Gasteiger charge is -2.32. The first kappa shape index (κ1) is 16.4. The minimum atomic E-state index is -3.61. The molecule has 1 saturated carbocycles. The first-order valence-corrected chi connectivity index (χ1v) is 9.24. The molecule has 0 N–H and O–H groups in total. The van der Waals surface area contributed by atoms with E-state index in [2.05, 4.69) is 15.9 Å². The number of alkyl halides is 1. The summed E-state index contributed by atoms with van der Waals surface area (Å²) in [4.78, 5) is 24.4. The smallest absolute Gasteiger partial charge is 0.191 e. The molecule has 0 radical (unpaired) electrons. The van der Waals surface area contributed by atoms with Crippen LogP contribution in [0.2, 0.25) is 0 Å². The van der Waals surface area contributed by atoms with Gasteiger partial charge in [-0.2, -0.15) is 0 Å². The van der Waals surface area contributed by atoms with E-state index in [1.54, 1.807) is 25.1 Å². The minimum Gasteiger partial charge on any atom is -0.299 e. The summed E-state index contributed by atoms with van der Waals surface area (Å²) in [5, 5.41) is 0. The second kappa shape index (κ2) is 6.01. The van der Waals surface area contributed by atoms with Crippen LogP contribution in [-0.4, -0.2) is 24.1 Å². The highest BCUT2D eigenvalue weighted by atomic mass is 79.9. The molecular formula is C15H17BrO4S. The number of Topliss-reactive ketones (excluding diaryl/α,β-unsaturated/α-hetero) is 2. The van der Waals surface area contributed by atoms with Gasteiger partial charge in [0.2, 0.25) is 0 Å². The second-order valence-corrected chi connectivity index (χ2v) is 9.35. The lowest BCUT2D eigenvalue weighted by molar-refractivity contribution is -0.143.